The quantitative estimate of drug-likeness (QED) is 0.610. The zero-order chi connectivity index (χ0) is 19.7. The van der Waals surface area contributed by atoms with Crippen LogP contribution in [0.25, 0.3) is 22.2 Å². The molecule has 1 aromatic carbocycles. The van der Waals surface area contributed by atoms with Crippen molar-refractivity contribution < 1.29 is 4.74 Å². The highest BCUT2D eigenvalue weighted by Crippen LogP contribution is 2.33. The van der Waals surface area contributed by atoms with Gasteiger partial charge in [-0.25, -0.2) is 9.97 Å². The van der Waals surface area contributed by atoms with Crippen LogP contribution in [0.2, 0.25) is 5.28 Å². The van der Waals surface area contributed by atoms with Gasteiger partial charge in [0.2, 0.25) is 5.28 Å². The van der Waals surface area contributed by atoms with E-state index in [1.54, 1.807) is 0 Å². The summed E-state index contributed by atoms with van der Waals surface area (Å²) >= 11 is 5.97. The topological polar surface area (TPSA) is 67.0 Å². The lowest BCUT2D eigenvalue weighted by Crippen LogP contribution is -2.26. The van der Waals surface area contributed by atoms with Gasteiger partial charge in [-0.1, -0.05) is 0 Å². The molecule has 0 amide bonds. The molecule has 1 unspecified atom stereocenters. The van der Waals surface area contributed by atoms with E-state index in [1.807, 2.05) is 36.0 Å². The summed E-state index contributed by atoms with van der Waals surface area (Å²) in [4.78, 5) is 10.6. The summed E-state index contributed by atoms with van der Waals surface area (Å²) in [5.74, 6) is 0.849. The number of rotatable bonds is 5. The third-order valence-corrected chi connectivity index (χ3v) is 5.67. The highest BCUT2D eigenvalue weighted by Gasteiger charge is 2.20. The summed E-state index contributed by atoms with van der Waals surface area (Å²) in [6.45, 7) is 1.89. The number of ether oxygens (including phenoxy) is 1. The van der Waals surface area contributed by atoms with E-state index in [4.69, 9.17) is 16.3 Å². The summed E-state index contributed by atoms with van der Waals surface area (Å²) in [5, 5.41) is 10.5. The van der Waals surface area contributed by atoms with Gasteiger partial charge in [-0.15, -0.1) is 0 Å². The molecule has 0 radical (unpaired) electrons. The average molecular weight is 396 g/mol. The third-order valence-electron chi connectivity index (χ3n) is 5.49. The molecule has 3 aromatic rings. The molecule has 0 spiro atoms. The van der Waals surface area contributed by atoms with E-state index < -0.39 is 0 Å². The van der Waals surface area contributed by atoms with Crippen molar-refractivity contribution in [3.8, 4) is 23.1 Å². The van der Waals surface area contributed by atoms with Crippen LogP contribution < -0.4 is 4.74 Å². The molecule has 3 heterocycles. The minimum Gasteiger partial charge on any atom is -0.493 e. The minimum absolute atomic E-state index is 0.128. The first-order valence-corrected chi connectivity index (χ1v) is 9.79. The van der Waals surface area contributed by atoms with E-state index in [1.165, 1.54) is 25.6 Å². The third kappa shape index (κ3) is 3.56. The number of hydrogen-bond acceptors (Lipinski definition) is 5. The Labute approximate surface area is 169 Å². The van der Waals surface area contributed by atoms with E-state index in [2.05, 4.69) is 28.0 Å². The van der Waals surface area contributed by atoms with Crippen molar-refractivity contribution in [3.05, 3.63) is 41.4 Å². The molecule has 2 aromatic heterocycles. The number of nitriles is 1. The van der Waals surface area contributed by atoms with E-state index in [0.29, 0.717) is 23.9 Å². The van der Waals surface area contributed by atoms with E-state index in [9.17, 15) is 5.26 Å². The number of fused-ring (bicyclic) bond motifs is 1. The number of halogens is 1. The van der Waals surface area contributed by atoms with Crippen LogP contribution in [0, 0.1) is 11.3 Å². The second-order valence-corrected chi connectivity index (χ2v) is 7.60. The molecule has 0 saturated carbocycles. The van der Waals surface area contributed by atoms with Crippen LogP contribution in [-0.4, -0.2) is 45.7 Å². The molecule has 7 heteroatoms. The smallest absolute Gasteiger partial charge is 0.222 e. The molecule has 4 rings (SSSR count). The first kappa shape index (κ1) is 18.7. The molecule has 144 valence electrons. The molecule has 6 nitrogen and oxygen atoms in total. The van der Waals surface area contributed by atoms with Crippen LogP contribution >= 0.6 is 11.6 Å². The maximum Gasteiger partial charge on any atom is 0.222 e. The van der Waals surface area contributed by atoms with Crippen LogP contribution in [0.3, 0.4) is 0 Å². The largest absolute Gasteiger partial charge is 0.493 e. The van der Waals surface area contributed by atoms with Crippen LogP contribution in [0.5, 0.6) is 5.75 Å². The number of nitrogens with zero attached hydrogens (tertiary/aromatic N) is 5. The fourth-order valence-electron chi connectivity index (χ4n) is 3.95. The van der Waals surface area contributed by atoms with Crippen LogP contribution in [-0.2, 0) is 7.05 Å². The zero-order valence-corrected chi connectivity index (χ0v) is 16.8. The summed E-state index contributed by atoms with van der Waals surface area (Å²) in [7, 11) is 4.15. The number of benzene rings is 1. The lowest BCUT2D eigenvalue weighted by atomic mass is 10.1. The standard InChI is InChI=1S/C21H22ClN5O/c1-26-8-3-4-15(26)7-9-28-16-5-6-17-18(13-27(2)19(17)10-16)20-14(11-23)12-24-21(22)25-20/h5-6,10,12-13,15H,3-4,7-9H2,1-2H3. The van der Waals surface area contributed by atoms with E-state index >= 15 is 0 Å². The molecular formula is C21H22ClN5O. The number of likely N-dealkylation sites (tertiary alicyclic amines) is 1. The van der Waals surface area contributed by atoms with Crippen molar-refractivity contribution in [1.82, 2.24) is 19.4 Å². The van der Waals surface area contributed by atoms with Crippen molar-refractivity contribution >= 4 is 22.5 Å². The maximum atomic E-state index is 9.40. The predicted molar refractivity (Wildman–Crippen MR) is 109 cm³/mol. The van der Waals surface area contributed by atoms with Gasteiger partial charge in [0.1, 0.15) is 11.8 Å². The van der Waals surface area contributed by atoms with E-state index in [-0.39, 0.29) is 5.28 Å². The first-order valence-electron chi connectivity index (χ1n) is 9.42. The van der Waals surface area contributed by atoms with Gasteiger partial charge in [0.15, 0.2) is 0 Å². The van der Waals surface area contributed by atoms with Gasteiger partial charge in [-0.3, -0.25) is 0 Å². The van der Waals surface area contributed by atoms with Gasteiger partial charge >= 0.3 is 0 Å². The number of aryl methyl sites for hydroxylation is 1. The summed E-state index contributed by atoms with van der Waals surface area (Å²) in [6, 6.07) is 8.78. The first-order chi connectivity index (χ1) is 13.6. The van der Waals surface area contributed by atoms with Gasteiger partial charge in [0, 0.05) is 36.3 Å². The molecule has 1 aliphatic rings. The van der Waals surface area contributed by atoms with Gasteiger partial charge in [0.25, 0.3) is 0 Å². The SMILES string of the molecule is CN1CCCC1CCOc1ccc2c(-c3nc(Cl)ncc3C#N)cn(C)c2c1. The van der Waals surface area contributed by atoms with Gasteiger partial charge in [-0.05, 0) is 56.6 Å². The average Bonchev–Trinajstić information content (AvgIpc) is 3.25. The Morgan fingerprint density at radius 3 is 2.96 bits per heavy atom. The van der Waals surface area contributed by atoms with Gasteiger partial charge in [-0.2, -0.15) is 5.26 Å². The monoisotopic (exact) mass is 395 g/mol. The second kappa shape index (κ2) is 7.78. The zero-order valence-electron chi connectivity index (χ0n) is 16.0. The normalized spacial score (nSPS) is 17.1. The molecule has 0 aliphatic carbocycles. The van der Waals surface area contributed by atoms with Crippen LogP contribution in [0.4, 0.5) is 0 Å². The van der Waals surface area contributed by atoms with E-state index in [0.717, 1.165) is 28.6 Å². The highest BCUT2D eigenvalue weighted by atomic mass is 35.5. The van der Waals surface area contributed by atoms with Crippen LogP contribution in [0.1, 0.15) is 24.8 Å². The highest BCUT2D eigenvalue weighted by molar-refractivity contribution is 6.28. The maximum absolute atomic E-state index is 9.40. The Morgan fingerprint density at radius 1 is 1.36 bits per heavy atom. The molecular weight excluding hydrogens is 374 g/mol. The fraction of sp³-hybridized carbons (Fsp3) is 0.381. The van der Waals surface area contributed by atoms with Crippen LogP contribution in [0.15, 0.2) is 30.6 Å². The van der Waals surface area contributed by atoms with Crippen molar-refractivity contribution in [3.63, 3.8) is 0 Å². The Balaban J connectivity index is 1.59. The number of hydrogen-bond donors (Lipinski definition) is 0. The fourth-order valence-corrected chi connectivity index (χ4v) is 4.08. The lowest BCUT2D eigenvalue weighted by Gasteiger charge is -2.19. The Kier molecular flexibility index (Phi) is 5.21. The van der Waals surface area contributed by atoms with Crippen molar-refractivity contribution in [2.45, 2.75) is 25.3 Å². The Morgan fingerprint density at radius 2 is 2.21 bits per heavy atom. The molecule has 0 N–H and O–H groups in total. The van der Waals surface area contributed by atoms with Gasteiger partial charge in [0.05, 0.1) is 29.6 Å². The van der Waals surface area contributed by atoms with Gasteiger partial charge < -0.3 is 14.2 Å². The molecule has 1 saturated heterocycles. The Hall–Kier alpha value is -2.62. The van der Waals surface area contributed by atoms with Crippen molar-refractivity contribution in [1.29, 1.82) is 5.26 Å². The number of aromatic nitrogens is 3. The summed E-state index contributed by atoms with van der Waals surface area (Å²) in [6.07, 6.45) is 6.99. The Bertz CT molecular complexity index is 1050. The minimum atomic E-state index is 0.128. The van der Waals surface area contributed by atoms with Crippen molar-refractivity contribution in [2.75, 3.05) is 20.2 Å². The second-order valence-electron chi connectivity index (χ2n) is 7.26. The molecule has 28 heavy (non-hydrogen) atoms. The summed E-state index contributed by atoms with van der Waals surface area (Å²) in [5.41, 5.74) is 2.82. The molecule has 0 bridgehead atoms. The lowest BCUT2D eigenvalue weighted by molar-refractivity contribution is 0.233. The van der Waals surface area contributed by atoms with Crippen molar-refractivity contribution in [2.24, 2.45) is 7.05 Å². The molecule has 1 aliphatic heterocycles. The predicted octanol–water partition coefficient (Wildman–Crippen LogP) is 4.02. The summed E-state index contributed by atoms with van der Waals surface area (Å²) < 4.78 is 8.03. The molecule has 1 fully saturated rings. The molecule has 1 atom stereocenters.